The SMILES string of the molecule is COc1cc([C@H](C)NC(=O)N[C@@H]2C[C@H]2c2ccccc2)ccn1. The van der Waals surface area contributed by atoms with Crippen molar-refractivity contribution >= 4 is 6.03 Å². The first-order chi connectivity index (χ1) is 11.2. The van der Waals surface area contributed by atoms with E-state index >= 15 is 0 Å². The van der Waals surface area contributed by atoms with Gasteiger partial charge in [-0.2, -0.15) is 0 Å². The van der Waals surface area contributed by atoms with Crippen LogP contribution in [0.1, 0.15) is 36.4 Å². The number of nitrogens with one attached hydrogen (secondary N) is 2. The molecule has 3 rings (SSSR count). The summed E-state index contributed by atoms with van der Waals surface area (Å²) in [5.74, 6) is 0.973. The zero-order valence-corrected chi connectivity index (χ0v) is 13.3. The average Bonchev–Trinajstić information content (AvgIpc) is 3.34. The Morgan fingerprint density at radius 3 is 2.83 bits per heavy atom. The van der Waals surface area contributed by atoms with Crippen LogP contribution in [0.2, 0.25) is 0 Å². The number of amides is 2. The fourth-order valence-corrected chi connectivity index (χ4v) is 2.72. The van der Waals surface area contributed by atoms with Crippen LogP contribution in [0.4, 0.5) is 4.79 Å². The number of carbonyl (C=O) groups is 1. The summed E-state index contributed by atoms with van der Waals surface area (Å²) in [5.41, 5.74) is 2.24. The van der Waals surface area contributed by atoms with Gasteiger partial charge in [0.1, 0.15) is 0 Å². The van der Waals surface area contributed by atoms with Gasteiger partial charge in [-0.05, 0) is 30.5 Å². The third-order valence-corrected chi connectivity index (χ3v) is 4.15. The number of ether oxygens (including phenoxy) is 1. The topological polar surface area (TPSA) is 63.2 Å². The molecule has 1 aliphatic carbocycles. The minimum atomic E-state index is -0.142. The number of benzene rings is 1. The molecule has 0 saturated heterocycles. The number of hydrogen-bond donors (Lipinski definition) is 2. The molecule has 0 bridgehead atoms. The molecule has 1 aliphatic rings. The normalized spacial score (nSPS) is 20.4. The molecule has 2 amide bonds. The first-order valence-corrected chi connectivity index (χ1v) is 7.79. The van der Waals surface area contributed by atoms with Crippen molar-refractivity contribution in [3.05, 3.63) is 59.8 Å². The van der Waals surface area contributed by atoms with Crippen LogP contribution in [0.5, 0.6) is 5.88 Å². The van der Waals surface area contributed by atoms with Gasteiger partial charge in [0.2, 0.25) is 5.88 Å². The highest BCUT2D eigenvalue weighted by atomic mass is 16.5. The van der Waals surface area contributed by atoms with Gasteiger partial charge in [-0.15, -0.1) is 0 Å². The molecular weight excluding hydrogens is 290 g/mol. The van der Waals surface area contributed by atoms with Crippen molar-refractivity contribution in [2.24, 2.45) is 0 Å². The summed E-state index contributed by atoms with van der Waals surface area (Å²) in [5, 5.41) is 5.99. The summed E-state index contributed by atoms with van der Waals surface area (Å²) >= 11 is 0. The summed E-state index contributed by atoms with van der Waals surface area (Å²) < 4.78 is 5.11. The van der Waals surface area contributed by atoms with Crippen LogP contribution in [0.25, 0.3) is 0 Å². The van der Waals surface area contributed by atoms with Crippen molar-refractivity contribution < 1.29 is 9.53 Å². The molecule has 120 valence electrons. The van der Waals surface area contributed by atoms with Crippen molar-refractivity contribution in [2.45, 2.75) is 31.3 Å². The summed E-state index contributed by atoms with van der Waals surface area (Å²) in [6, 6.07) is 14.0. The lowest BCUT2D eigenvalue weighted by atomic mass is 10.1. The lowest BCUT2D eigenvalue weighted by Gasteiger charge is -2.15. The van der Waals surface area contributed by atoms with Gasteiger partial charge in [0.05, 0.1) is 13.2 Å². The predicted octanol–water partition coefficient (Wildman–Crippen LogP) is 3.01. The molecule has 0 spiro atoms. The molecule has 0 radical (unpaired) electrons. The van der Waals surface area contributed by atoms with E-state index in [1.165, 1.54) is 5.56 Å². The van der Waals surface area contributed by atoms with E-state index in [4.69, 9.17) is 4.74 Å². The van der Waals surface area contributed by atoms with Gasteiger partial charge >= 0.3 is 6.03 Å². The van der Waals surface area contributed by atoms with Crippen molar-refractivity contribution in [3.8, 4) is 5.88 Å². The number of hydrogen-bond acceptors (Lipinski definition) is 3. The molecule has 5 heteroatoms. The maximum absolute atomic E-state index is 12.1. The summed E-state index contributed by atoms with van der Waals surface area (Å²) in [6.45, 7) is 1.94. The van der Waals surface area contributed by atoms with E-state index in [9.17, 15) is 4.79 Å². The van der Waals surface area contributed by atoms with Crippen LogP contribution in [0, 0.1) is 0 Å². The number of methoxy groups -OCH3 is 1. The Morgan fingerprint density at radius 1 is 1.30 bits per heavy atom. The van der Waals surface area contributed by atoms with E-state index < -0.39 is 0 Å². The second-order valence-corrected chi connectivity index (χ2v) is 5.83. The van der Waals surface area contributed by atoms with Crippen molar-refractivity contribution in [2.75, 3.05) is 7.11 Å². The molecule has 23 heavy (non-hydrogen) atoms. The Kier molecular flexibility index (Phi) is 4.46. The number of pyridine rings is 1. The fraction of sp³-hybridized carbons (Fsp3) is 0.333. The van der Waals surface area contributed by atoms with E-state index in [1.807, 2.05) is 37.3 Å². The predicted molar refractivity (Wildman–Crippen MR) is 88.5 cm³/mol. The Bertz CT molecular complexity index is 675. The van der Waals surface area contributed by atoms with Gasteiger partial charge < -0.3 is 15.4 Å². The quantitative estimate of drug-likeness (QED) is 0.892. The molecule has 3 atom stereocenters. The van der Waals surface area contributed by atoms with Crippen LogP contribution in [-0.2, 0) is 0 Å². The number of nitrogens with zero attached hydrogens (tertiary/aromatic N) is 1. The van der Waals surface area contributed by atoms with E-state index in [-0.39, 0.29) is 18.1 Å². The highest BCUT2D eigenvalue weighted by Gasteiger charge is 2.39. The van der Waals surface area contributed by atoms with Crippen LogP contribution >= 0.6 is 0 Å². The zero-order chi connectivity index (χ0) is 16.2. The van der Waals surface area contributed by atoms with Gasteiger partial charge in [0.25, 0.3) is 0 Å². The van der Waals surface area contributed by atoms with Crippen LogP contribution in [-0.4, -0.2) is 24.2 Å². The molecule has 1 saturated carbocycles. The highest BCUT2D eigenvalue weighted by molar-refractivity contribution is 5.75. The van der Waals surface area contributed by atoms with Crippen LogP contribution < -0.4 is 15.4 Å². The van der Waals surface area contributed by atoms with Gasteiger partial charge in [0.15, 0.2) is 0 Å². The Labute approximate surface area is 136 Å². The zero-order valence-electron chi connectivity index (χ0n) is 13.3. The summed E-state index contributed by atoms with van der Waals surface area (Å²) in [6.07, 6.45) is 2.67. The lowest BCUT2D eigenvalue weighted by Crippen LogP contribution is -2.38. The standard InChI is InChI=1S/C18H21N3O2/c1-12(14-8-9-19-17(10-14)23-2)20-18(22)21-16-11-15(16)13-6-4-3-5-7-13/h3-10,12,15-16H,11H2,1-2H3,(H2,20,21,22)/t12-,15-,16+/m0/s1. The minimum absolute atomic E-state index is 0.110. The largest absolute Gasteiger partial charge is 0.481 e. The molecule has 1 aromatic heterocycles. The average molecular weight is 311 g/mol. The molecule has 2 aromatic rings. The van der Waals surface area contributed by atoms with Gasteiger partial charge in [-0.3, -0.25) is 0 Å². The van der Waals surface area contributed by atoms with Crippen molar-refractivity contribution in [3.63, 3.8) is 0 Å². The molecular formula is C18H21N3O2. The van der Waals surface area contributed by atoms with E-state index in [0.717, 1.165) is 12.0 Å². The molecule has 5 nitrogen and oxygen atoms in total. The maximum atomic E-state index is 12.1. The van der Waals surface area contributed by atoms with Gasteiger partial charge in [-0.1, -0.05) is 30.3 Å². The second kappa shape index (κ2) is 6.69. The lowest BCUT2D eigenvalue weighted by molar-refractivity contribution is 0.237. The van der Waals surface area contributed by atoms with E-state index in [1.54, 1.807) is 13.3 Å². The number of rotatable bonds is 5. The first-order valence-electron chi connectivity index (χ1n) is 7.79. The number of urea groups is 1. The molecule has 0 unspecified atom stereocenters. The maximum Gasteiger partial charge on any atom is 0.315 e. The third-order valence-electron chi connectivity index (χ3n) is 4.15. The Morgan fingerprint density at radius 2 is 2.09 bits per heavy atom. The molecule has 2 N–H and O–H groups in total. The van der Waals surface area contributed by atoms with Crippen LogP contribution in [0.15, 0.2) is 48.7 Å². The Hall–Kier alpha value is -2.56. The monoisotopic (exact) mass is 311 g/mol. The first kappa shape index (κ1) is 15.3. The van der Waals surface area contributed by atoms with Crippen molar-refractivity contribution in [1.29, 1.82) is 0 Å². The molecule has 1 fully saturated rings. The number of aromatic nitrogens is 1. The second-order valence-electron chi connectivity index (χ2n) is 5.83. The number of carbonyl (C=O) groups excluding carboxylic acids is 1. The summed E-state index contributed by atoms with van der Waals surface area (Å²) in [4.78, 5) is 16.2. The minimum Gasteiger partial charge on any atom is -0.481 e. The smallest absolute Gasteiger partial charge is 0.315 e. The van der Waals surface area contributed by atoms with E-state index in [2.05, 4.69) is 27.8 Å². The van der Waals surface area contributed by atoms with E-state index in [0.29, 0.717) is 11.8 Å². The molecule has 1 heterocycles. The summed E-state index contributed by atoms with van der Waals surface area (Å²) in [7, 11) is 1.58. The molecule has 0 aliphatic heterocycles. The van der Waals surface area contributed by atoms with Crippen molar-refractivity contribution in [1.82, 2.24) is 15.6 Å². The molecule has 1 aromatic carbocycles. The fourth-order valence-electron chi connectivity index (χ4n) is 2.72. The Balaban J connectivity index is 1.52. The van der Waals surface area contributed by atoms with Gasteiger partial charge in [-0.25, -0.2) is 9.78 Å². The van der Waals surface area contributed by atoms with Crippen LogP contribution in [0.3, 0.4) is 0 Å². The highest BCUT2D eigenvalue weighted by Crippen LogP contribution is 2.40. The third kappa shape index (κ3) is 3.80. The van der Waals surface area contributed by atoms with Gasteiger partial charge in [0, 0.05) is 24.2 Å².